The number of nitrogens with two attached hydrogens (primary N) is 1. The fourth-order valence-corrected chi connectivity index (χ4v) is 2.77. The number of hydrogen-bond donors (Lipinski definition) is 2. The zero-order valence-electron chi connectivity index (χ0n) is 12.1. The molecular weight excluding hydrogens is 286 g/mol. The Morgan fingerprint density at radius 1 is 1.48 bits per heavy atom. The highest BCUT2D eigenvalue weighted by molar-refractivity contribution is 7.09. The quantitative estimate of drug-likeness (QED) is 0.631. The summed E-state index contributed by atoms with van der Waals surface area (Å²) in [6.45, 7) is 4.18. The Hall–Kier alpha value is -2.08. The molecule has 1 aromatic heterocycles. The molecule has 5 nitrogen and oxygen atoms in total. The zero-order valence-corrected chi connectivity index (χ0v) is 12.9. The summed E-state index contributed by atoms with van der Waals surface area (Å²) >= 11 is 1.59. The van der Waals surface area contributed by atoms with Crippen LogP contribution in [0.15, 0.2) is 29.8 Å². The van der Waals surface area contributed by atoms with Crippen LogP contribution in [0.5, 0.6) is 0 Å². The number of thiazole rings is 1. The fourth-order valence-electron chi connectivity index (χ4n) is 2.00. The van der Waals surface area contributed by atoms with Crippen LogP contribution in [0.1, 0.15) is 41.7 Å². The SMILES string of the molecule is CCOC(=O)c1cc(N)ccc1NC(CC)c1nccs1. The number of esters is 1. The Morgan fingerprint density at radius 2 is 2.29 bits per heavy atom. The molecule has 0 radical (unpaired) electrons. The minimum absolute atomic E-state index is 0.0572. The van der Waals surface area contributed by atoms with E-state index in [4.69, 9.17) is 10.5 Å². The number of carbonyl (C=O) groups excluding carboxylic acids is 1. The van der Waals surface area contributed by atoms with Gasteiger partial charge in [-0.1, -0.05) is 6.92 Å². The summed E-state index contributed by atoms with van der Waals surface area (Å²) in [5.74, 6) is -0.374. The van der Waals surface area contributed by atoms with Gasteiger partial charge in [-0.3, -0.25) is 0 Å². The van der Waals surface area contributed by atoms with Crippen molar-refractivity contribution in [2.75, 3.05) is 17.7 Å². The van der Waals surface area contributed by atoms with Gasteiger partial charge in [0.15, 0.2) is 0 Å². The molecule has 0 aliphatic carbocycles. The van der Waals surface area contributed by atoms with Gasteiger partial charge in [0.25, 0.3) is 0 Å². The Morgan fingerprint density at radius 3 is 2.90 bits per heavy atom. The van der Waals surface area contributed by atoms with Gasteiger partial charge in [0, 0.05) is 23.0 Å². The molecule has 0 saturated heterocycles. The van der Waals surface area contributed by atoms with Crippen LogP contribution in [0.2, 0.25) is 0 Å². The predicted molar refractivity (Wildman–Crippen MR) is 85.6 cm³/mol. The second-order valence-electron chi connectivity index (χ2n) is 4.50. The van der Waals surface area contributed by atoms with E-state index < -0.39 is 0 Å². The molecule has 0 fully saturated rings. The van der Waals surface area contributed by atoms with E-state index in [1.165, 1.54) is 0 Å². The topological polar surface area (TPSA) is 77.2 Å². The molecule has 1 atom stereocenters. The molecular formula is C15H19N3O2S. The normalized spacial score (nSPS) is 11.9. The van der Waals surface area contributed by atoms with Crippen molar-refractivity contribution in [1.29, 1.82) is 0 Å². The molecule has 112 valence electrons. The maximum absolute atomic E-state index is 12.0. The van der Waals surface area contributed by atoms with Crippen LogP contribution in [0.3, 0.4) is 0 Å². The van der Waals surface area contributed by atoms with Crippen LogP contribution >= 0.6 is 11.3 Å². The molecule has 2 aromatic rings. The Balaban J connectivity index is 2.28. The highest BCUT2D eigenvalue weighted by Crippen LogP contribution is 2.28. The zero-order chi connectivity index (χ0) is 15.2. The van der Waals surface area contributed by atoms with Crippen LogP contribution in [0, 0.1) is 0 Å². The first kappa shape index (κ1) is 15.3. The van der Waals surface area contributed by atoms with E-state index in [0.717, 1.165) is 11.4 Å². The predicted octanol–water partition coefficient (Wildman–Crippen LogP) is 3.47. The number of rotatable bonds is 6. The molecule has 0 amide bonds. The second-order valence-corrected chi connectivity index (χ2v) is 5.43. The minimum Gasteiger partial charge on any atom is -0.462 e. The van der Waals surface area contributed by atoms with Gasteiger partial charge in [-0.05, 0) is 31.5 Å². The molecule has 1 aromatic carbocycles. The number of ether oxygens (including phenoxy) is 1. The number of nitrogens with one attached hydrogen (secondary N) is 1. The van der Waals surface area contributed by atoms with Gasteiger partial charge >= 0.3 is 5.97 Å². The third kappa shape index (κ3) is 3.72. The van der Waals surface area contributed by atoms with Crippen molar-refractivity contribution in [3.05, 3.63) is 40.3 Å². The molecule has 3 N–H and O–H groups in total. The summed E-state index contributed by atoms with van der Waals surface area (Å²) in [6.07, 6.45) is 2.64. The molecule has 2 rings (SSSR count). The molecule has 0 spiro atoms. The van der Waals surface area contributed by atoms with Crippen LogP contribution in [0.4, 0.5) is 11.4 Å². The van der Waals surface area contributed by atoms with Crippen molar-refractivity contribution in [2.24, 2.45) is 0 Å². The average Bonchev–Trinajstić information content (AvgIpc) is 3.00. The number of anilines is 2. The summed E-state index contributed by atoms with van der Waals surface area (Å²) in [5, 5.41) is 6.29. The highest BCUT2D eigenvalue weighted by atomic mass is 32.1. The number of carbonyl (C=O) groups is 1. The maximum atomic E-state index is 12.0. The number of nitrogens with zero attached hydrogens (tertiary/aromatic N) is 1. The maximum Gasteiger partial charge on any atom is 0.340 e. The Kier molecular flexibility index (Phi) is 5.16. The lowest BCUT2D eigenvalue weighted by Gasteiger charge is -2.18. The first-order valence-electron chi connectivity index (χ1n) is 6.88. The molecule has 21 heavy (non-hydrogen) atoms. The van der Waals surface area contributed by atoms with Crippen molar-refractivity contribution in [3.8, 4) is 0 Å². The van der Waals surface area contributed by atoms with Crippen LogP contribution < -0.4 is 11.1 Å². The largest absolute Gasteiger partial charge is 0.462 e. The lowest BCUT2D eigenvalue weighted by Crippen LogP contribution is -2.14. The number of hydrogen-bond acceptors (Lipinski definition) is 6. The lowest BCUT2D eigenvalue weighted by molar-refractivity contribution is 0.0527. The van der Waals surface area contributed by atoms with Crippen LogP contribution in [0.25, 0.3) is 0 Å². The summed E-state index contributed by atoms with van der Waals surface area (Å²) in [4.78, 5) is 16.4. The summed E-state index contributed by atoms with van der Waals surface area (Å²) < 4.78 is 5.08. The van der Waals surface area contributed by atoms with Crippen LogP contribution in [-0.2, 0) is 4.74 Å². The number of benzene rings is 1. The molecule has 1 heterocycles. The van der Waals surface area contributed by atoms with Crippen molar-refractivity contribution < 1.29 is 9.53 Å². The molecule has 0 bridgehead atoms. The first-order chi connectivity index (χ1) is 10.2. The molecule has 0 aliphatic heterocycles. The van der Waals surface area contributed by atoms with Gasteiger partial charge in [0.2, 0.25) is 0 Å². The molecule has 0 saturated carbocycles. The van der Waals surface area contributed by atoms with Crippen molar-refractivity contribution >= 4 is 28.7 Å². The van der Waals surface area contributed by atoms with Gasteiger partial charge < -0.3 is 15.8 Å². The van der Waals surface area contributed by atoms with E-state index in [2.05, 4.69) is 17.2 Å². The van der Waals surface area contributed by atoms with E-state index >= 15 is 0 Å². The van der Waals surface area contributed by atoms with Crippen LogP contribution in [-0.4, -0.2) is 17.6 Å². The molecule has 6 heteroatoms. The van der Waals surface area contributed by atoms with E-state index in [0.29, 0.717) is 23.5 Å². The highest BCUT2D eigenvalue weighted by Gasteiger charge is 2.17. The summed E-state index contributed by atoms with van der Waals surface area (Å²) in [5.41, 5.74) is 7.47. The van der Waals surface area contributed by atoms with E-state index in [-0.39, 0.29) is 12.0 Å². The van der Waals surface area contributed by atoms with Crippen molar-refractivity contribution in [2.45, 2.75) is 26.3 Å². The Bertz CT molecular complexity index is 599. The van der Waals surface area contributed by atoms with E-state index in [1.54, 1.807) is 42.7 Å². The standard InChI is InChI=1S/C15H19N3O2S/c1-3-12(14-17-7-8-21-14)18-13-6-5-10(16)9-11(13)15(19)20-4-2/h5-9,12,18H,3-4,16H2,1-2H3. The summed E-state index contributed by atoms with van der Waals surface area (Å²) in [6, 6.07) is 5.26. The van der Waals surface area contributed by atoms with Gasteiger partial charge in [0.1, 0.15) is 5.01 Å². The third-order valence-corrected chi connectivity index (χ3v) is 3.92. The number of aromatic nitrogens is 1. The molecule has 1 unspecified atom stereocenters. The van der Waals surface area contributed by atoms with E-state index in [9.17, 15) is 4.79 Å². The average molecular weight is 305 g/mol. The monoisotopic (exact) mass is 305 g/mol. The van der Waals surface area contributed by atoms with Gasteiger partial charge in [-0.15, -0.1) is 11.3 Å². The Labute approximate surface area is 128 Å². The van der Waals surface area contributed by atoms with Gasteiger partial charge in [-0.25, -0.2) is 9.78 Å². The smallest absolute Gasteiger partial charge is 0.340 e. The first-order valence-corrected chi connectivity index (χ1v) is 7.76. The van der Waals surface area contributed by atoms with Gasteiger partial charge in [-0.2, -0.15) is 0 Å². The third-order valence-electron chi connectivity index (χ3n) is 3.03. The van der Waals surface area contributed by atoms with Crippen molar-refractivity contribution in [3.63, 3.8) is 0 Å². The van der Waals surface area contributed by atoms with Crippen molar-refractivity contribution in [1.82, 2.24) is 4.98 Å². The lowest BCUT2D eigenvalue weighted by atomic mass is 10.1. The van der Waals surface area contributed by atoms with E-state index in [1.807, 2.05) is 5.38 Å². The summed E-state index contributed by atoms with van der Waals surface area (Å²) in [7, 11) is 0. The van der Waals surface area contributed by atoms with Gasteiger partial charge in [0.05, 0.1) is 18.2 Å². The fraction of sp³-hybridized carbons (Fsp3) is 0.333. The number of nitrogen functional groups attached to an aromatic ring is 1. The second kappa shape index (κ2) is 7.08. The molecule has 0 aliphatic rings. The minimum atomic E-state index is -0.374.